The van der Waals surface area contributed by atoms with Gasteiger partial charge in [0.2, 0.25) is 0 Å². The molecule has 0 radical (unpaired) electrons. The zero-order valence-electron chi connectivity index (χ0n) is 11.8. The smallest absolute Gasteiger partial charge is 0.119 e. The average Bonchev–Trinajstić information content (AvgIpc) is 2.53. The van der Waals surface area contributed by atoms with Gasteiger partial charge >= 0.3 is 0 Å². The first-order valence-electron chi connectivity index (χ1n) is 7.11. The van der Waals surface area contributed by atoms with Crippen LogP contribution in [0.3, 0.4) is 0 Å². The molecule has 20 heavy (non-hydrogen) atoms. The fourth-order valence-corrected chi connectivity index (χ4v) is 2.49. The van der Waals surface area contributed by atoms with E-state index in [-0.39, 0.29) is 6.61 Å². The van der Waals surface area contributed by atoms with Gasteiger partial charge in [-0.25, -0.2) is 0 Å². The minimum Gasteiger partial charge on any atom is -0.494 e. The highest BCUT2D eigenvalue weighted by molar-refractivity contribution is 5.32. The van der Waals surface area contributed by atoms with Crippen molar-refractivity contribution in [3.8, 4) is 11.8 Å². The van der Waals surface area contributed by atoms with Gasteiger partial charge in [0.25, 0.3) is 0 Å². The summed E-state index contributed by atoms with van der Waals surface area (Å²) in [6, 6.07) is 9.62. The van der Waals surface area contributed by atoms with Crippen molar-refractivity contribution < 1.29 is 14.6 Å². The Balaban J connectivity index is 2.19. The lowest BCUT2D eigenvalue weighted by molar-refractivity contribution is -0.0506. The van der Waals surface area contributed by atoms with Crippen molar-refractivity contribution in [3.05, 3.63) is 29.8 Å². The van der Waals surface area contributed by atoms with Crippen LogP contribution in [0.5, 0.6) is 5.75 Å². The molecular formula is C16H21NO3. The minimum atomic E-state index is -0.849. The molecule has 1 aromatic carbocycles. The summed E-state index contributed by atoms with van der Waals surface area (Å²) >= 11 is 0. The molecule has 1 fully saturated rings. The van der Waals surface area contributed by atoms with Gasteiger partial charge in [-0.1, -0.05) is 19.1 Å². The normalized spacial score (nSPS) is 23.9. The van der Waals surface area contributed by atoms with Gasteiger partial charge in [0.05, 0.1) is 25.4 Å². The fourth-order valence-electron chi connectivity index (χ4n) is 2.49. The van der Waals surface area contributed by atoms with Crippen LogP contribution in [0.4, 0.5) is 0 Å². The highest BCUT2D eigenvalue weighted by atomic mass is 16.5. The Bertz CT molecular complexity index is 475. The molecule has 0 bridgehead atoms. The van der Waals surface area contributed by atoms with Gasteiger partial charge in [0.15, 0.2) is 0 Å². The molecule has 0 amide bonds. The standard InChI is InChI=1S/C16H21NO3/c1-2-8-20-14-6-3-5-13(10-14)15(18)16(11-17)7-4-9-19-12-16/h3,5-6,10,15,18H,2,4,7-9,12H2,1H3. The van der Waals surface area contributed by atoms with E-state index >= 15 is 0 Å². The Kier molecular flexibility index (Phi) is 4.99. The van der Waals surface area contributed by atoms with Crippen LogP contribution in [-0.4, -0.2) is 24.9 Å². The minimum absolute atomic E-state index is 0.282. The predicted octanol–water partition coefficient (Wildman–Crippen LogP) is 2.83. The van der Waals surface area contributed by atoms with Crippen LogP contribution < -0.4 is 4.74 Å². The molecule has 1 aromatic rings. The Morgan fingerprint density at radius 1 is 1.55 bits per heavy atom. The van der Waals surface area contributed by atoms with Crippen LogP contribution in [0.25, 0.3) is 0 Å². The third-order valence-corrected chi connectivity index (χ3v) is 3.66. The van der Waals surface area contributed by atoms with E-state index in [9.17, 15) is 10.4 Å². The Morgan fingerprint density at radius 2 is 2.40 bits per heavy atom. The first-order valence-corrected chi connectivity index (χ1v) is 7.11. The molecule has 0 spiro atoms. The summed E-state index contributed by atoms with van der Waals surface area (Å²) in [4.78, 5) is 0. The van der Waals surface area contributed by atoms with Crippen molar-refractivity contribution in [3.63, 3.8) is 0 Å². The summed E-state index contributed by atoms with van der Waals surface area (Å²) < 4.78 is 11.0. The van der Waals surface area contributed by atoms with Gasteiger partial charge in [0.1, 0.15) is 11.2 Å². The van der Waals surface area contributed by atoms with E-state index in [1.54, 1.807) is 0 Å². The van der Waals surface area contributed by atoms with Gasteiger partial charge in [0, 0.05) is 6.61 Å². The number of nitriles is 1. The van der Waals surface area contributed by atoms with Gasteiger partial charge in [-0.05, 0) is 37.0 Å². The maximum atomic E-state index is 10.6. The number of aliphatic hydroxyl groups excluding tert-OH is 1. The molecule has 2 atom stereocenters. The lowest BCUT2D eigenvalue weighted by Crippen LogP contribution is -2.36. The molecule has 1 aliphatic rings. The molecule has 1 saturated heterocycles. The molecule has 108 valence electrons. The van der Waals surface area contributed by atoms with Crippen LogP contribution >= 0.6 is 0 Å². The summed E-state index contributed by atoms with van der Waals surface area (Å²) in [5.41, 5.74) is -0.132. The SMILES string of the molecule is CCCOc1cccc(C(O)C2(C#N)CCCOC2)c1. The highest BCUT2D eigenvalue weighted by Gasteiger charge is 2.41. The van der Waals surface area contributed by atoms with E-state index in [2.05, 4.69) is 6.07 Å². The predicted molar refractivity (Wildman–Crippen MR) is 75.3 cm³/mol. The topological polar surface area (TPSA) is 62.5 Å². The number of ether oxygens (including phenoxy) is 2. The number of aliphatic hydroxyl groups is 1. The fraction of sp³-hybridized carbons (Fsp3) is 0.562. The Labute approximate surface area is 119 Å². The third-order valence-electron chi connectivity index (χ3n) is 3.66. The van der Waals surface area contributed by atoms with E-state index in [1.165, 1.54) is 0 Å². The molecule has 4 nitrogen and oxygen atoms in total. The number of nitrogens with zero attached hydrogens (tertiary/aromatic N) is 1. The van der Waals surface area contributed by atoms with Gasteiger partial charge in [-0.2, -0.15) is 5.26 Å². The summed E-state index contributed by atoms with van der Waals surface area (Å²) in [6.45, 7) is 3.63. The van der Waals surface area contributed by atoms with Crippen LogP contribution in [0.2, 0.25) is 0 Å². The van der Waals surface area contributed by atoms with E-state index in [0.717, 1.165) is 18.6 Å². The Morgan fingerprint density at radius 3 is 3.05 bits per heavy atom. The molecule has 0 aromatic heterocycles. The second kappa shape index (κ2) is 6.74. The molecule has 4 heteroatoms. The van der Waals surface area contributed by atoms with Crippen molar-refractivity contribution in [1.29, 1.82) is 5.26 Å². The van der Waals surface area contributed by atoms with Crippen molar-refractivity contribution in [2.24, 2.45) is 5.41 Å². The molecule has 0 aliphatic carbocycles. The van der Waals surface area contributed by atoms with Crippen molar-refractivity contribution in [2.75, 3.05) is 19.8 Å². The zero-order chi connectivity index (χ0) is 14.4. The lowest BCUT2D eigenvalue weighted by atomic mass is 9.76. The number of hydrogen-bond donors (Lipinski definition) is 1. The van der Waals surface area contributed by atoms with Crippen LogP contribution in [0.1, 0.15) is 37.9 Å². The number of hydrogen-bond acceptors (Lipinski definition) is 4. The molecule has 1 N–H and O–H groups in total. The lowest BCUT2D eigenvalue weighted by Gasteiger charge is -2.35. The monoisotopic (exact) mass is 275 g/mol. The first kappa shape index (κ1) is 14.8. The number of benzene rings is 1. The van der Waals surface area contributed by atoms with Crippen molar-refractivity contribution in [1.82, 2.24) is 0 Å². The summed E-state index contributed by atoms with van der Waals surface area (Å²) in [7, 11) is 0. The first-order chi connectivity index (χ1) is 9.72. The summed E-state index contributed by atoms with van der Waals surface area (Å²) in [5.74, 6) is 0.730. The molecule has 1 aliphatic heterocycles. The third kappa shape index (κ3) is 3.12. The molecule has 0 saturated carbocycles. The van der Waals surface area contributed by atoms with Gasteiger partial charge < -0.3 is 14.6 Å². The van der Waals surface area contributed by atoms with Crippen molar-refractivity contribution >= 4 is 0 Å². The largest absolute Gasteiger partial charge is 0.494 e. The molecule has 1 heterocycles. The second-order valence-corrected chi connectivity index (χ2v) is 5.25. The summed E-state index contributed by atoms with van der Waals surface area (Å²) in [5, 5.41) is 20.1. The summed E-state index contributed by atoms with van der Waals surface area (Å²) in [6.07, 6.45) is 1.54. The molecular weight excluding hydrogens is 254 g/mol. The number of rotatable bonds is 5. The zero-order valence-corrected chi connectivity index (χ0v) is 11.8. The van der Waals surface area contributed by atoms with E-state index < -0.39 is 11.5 Å². The van der Waals surface area contributed by atoms with Crippen LogP contribution in [0.15, 0.2) is 24.3 Å². The molecule has 2 unspecified atom stereocenters. The van der Waals surface area contributed by atoms with Crippen LogP contribution in [-0.2, 0) is 4.74 Å². The Hall–Kier alpha value is -1.57. The van der Waals surface area contributed by atoms with E-state index in [0.29, 0.717) is 25.2 Å². The van der Waals surface area contributed by atoms with E-state index in [4.69, 9.17) is 9.47 Å². The highest BCUT2D eigenvalue weighted by Crippen LogP contribution is 2.40. The van der Waals surface area contributed by atoms with E-state index in [1.807, 2.05) is 31.2 Å². The van der Waals surface area contributed by atoms with Gasteiger partial charge in [-0.15, -0.1) is 0 Å². The molecule has 2 rings (SSSR count). The second-order valence-electron chi connectivity index (χ2n) is 5.25. The van der Waals surface area contributed by atoms with Crippen LogP contribution in [0, 0.1) is 16.7 Å². The van der Waals surface area contributed by atoms with Crippen molar-refractivity contribution in [2.45, 2.75) is 32.3 Å². The average molecular weight is 275 g/mol. The quantitative estimate of drug-likeness (QED) is 0.897. The van der Waals surface area contributed by atoms with Gasteiger partial charge in [-0.3, -0.25) is 0 Å². The maximum absolute atomic E-state index is 10.6. The maximum Gasteiger partial charge on any atom is 0.119 e.